The van der Waals surface area contributed by atoms with Crippen molar-refractivity contribution in [3.05, 3.63) is 77.4 Å². The highest BCUT2D eigenvalue weighted by atomic mass is 16.4. The number of aliphatic imine (C=N–C) groups is 1. The van der Waals surface area contributed by atoms with Gasteiger partial charge in [-0.15, -0.1) is 10.2 Å². The second-order valence-corrected chi connectivity index (χ2v) is 7.88. The smallest absolute Gasteiger partial charge is 0.409 e. The number of carbonyl (C=O) groups is 1. The summed E-state index contributed by atoms with van der Waals surface area (Å²) in [5.74, 6) is 1.86. The minimum absolute atomic E-state index is 0.429. The van der Waals surface area contributed by atoms with Crippen molar-refractivity contribution in [3.8, 4) is 5.69 Å². The first-order valence-electron chi connectivity index (χ1n) is 10.3. The van der Waals surface area contributed by atoms with Crippen LogP contribution in [0, 0.1) is 12.8 Å². The lowest BCUT2D eigenvalue weighted by atomic mass is 10.0. The summed E-state index contributed by atoms with van der Waals surface area (Å²) < 4.78 is 1.94. The van der Waals surface area contributed by atoms with E-state index in [0.717, 1.165) is 28.9 Å². The lowest BCUT2D eigenvalue weighted by molar-refractivity contribution is 0.121. The molecule has 1 amide bonds. The standard InChI is InChI=1S/C23H23N5O2/c1-15-25-26-22-21(27(23(29)30)14-13-16-11-12-16)24-20(17-7-3-2-4-8-17)18-9-5-6-10-19(18)28(15)22/h2-10,16,21H,11-14H2,1H3,(H,29,30). The summed E-state index contributed by atoms with van der Waals surface area (Å²) in [6.07, 6.45) is 1.45. The maximum Gasteiger partial charge on any atom is 0.409 e. The molecule has 152 valence electrons. The zero-order chi connectivity index (χ0) is 20.7. The first kappa shape index (κ1) is 18.5. The van der Waals surface area contributed by atoms with Gasteiger partial charge in [0.15, 0.2) is 12.0 Å². The van der Waals surface area contributed by atoms with E-state index in [1.165, 1.54) is 17.7 Å². The summed E-state index contributed by atoms with van der Waals surface area (Å²) in [4.78, 5) is 18.7. The molecule has 1 aromatic heterocycles. The Kier molecular flexibility index (Phi) is 4.58. The Morgan fingerprint density at radius 3 is 2.57 bits per heavy atom. The van der Waals surface area contributed by atoms with Crippen molar-refractivity contribution in [1.82, 2.24) is 19.7 Å². The van der Waals surface area contributed by atoms with E-state index in [0.29, 0.717) is 24.1 Å². The van der Waals surface area contributed by atoms with Gasteiger partial charge in [-0.05, 0) is 25.3 Å². The fourth-order valence-electron chi connectivity index (χ4n) is 4.05. The van der Waals surface area contributed by atoms with E-state index in [1.807, 2.05) is 66.1 Å². The van der Waals surface area contributed by atoms with Crippen LogP contribution < -0.4 is 0 Å². The normalized spacial score (nSPS) is 17.5. The van der Waals surface area contributed by atoms with E-state index in [4.69, 9.17) is 4.99 Å². The van der Waals surface area contributed by atoms with E-state index in [2.05, 4.69) is 10.2 Å². The predicted octanol–water partition coefficient (Wildman–Crippen LogP) is 4.21. The zero-order valence-electron chi connectivity index (χ0n) is 16.8. The molecule has 0 spiro atoms. The predicted molar refractivity (Wildman–Crippen MR) is 113 cm³/mol. The van der Waals surface area contributed by atoms with Crippen molar-refractivity contribution in [2.75, 3.05) is 6.54 Å². The van der Waals surface area contributed by atoms with E-state index in [-0.39, 0.29) is 0 Å². The molecule has 7 heteroatoms. The Morgan fingerprint density at radius 1 is 1.10 bits per heavy atom. The number of benzene rings is 2. The van der Waals surface area contributed by atoms with Gasteiger partial charge >= 0.3 is 6.09 Å². The molecule has 2 aromatic carbocycles. The van der Waals surface area contributed by atoms with Gasteiger partial charge in [-0.3, -0.25) is 14.5 Å². The van der Waals surface area contributed by atoms with Crippen LogP contribution in [0.2, 0.25) is 0 Å². The van der Waals surface area contributed by atoms with Crippen molar-refractivity contribution in [1.29, 1.82) is 0 Å². The van der Waals surface area contributed by atoms with Crippen LogP contribution in [0.4, 0.5) is 4.79 Å². The lowest BCUT2D eigenvalue weighted by Gasteiger charge is -2.25. The molecule has 2 aliphatic rings. The number of nitrogens with zero attached hydrogens (tertiary/aromatic N) is 5. The van der Waals surface area contributed by atoms with Gasteiger partial charge in [0.25, 0.3) is 0 Å². The van der Waals surface area contributed by atoms with Gasteiger partial charge in [-0.1, -0.05) is 61.4 Å². The number of rotatable bonds is 5. The molecular weight excluding hydrogens is 378 g/mol. The SMILES string of the molecule is Cc1nnc2n1-c1ccccc1C(c1ccccc1)=NC2N(CCC1CC1)C(=O)O. The van der Waals surface area contributed by atoms with Crippen LogP contribution in [0.1, 0.15) is 48.2 Å². The molecule has 2 heterocycles. The quantitative estimate of drug-likeness (QED) is 0.694. The molecule has 1 aliphatic heterocycles. The Morgan fingerprint density at radius 2 is 1.83 bits per heavy atom. The molecule has 0 radical (unpaired) electrons. The number of aryl methyl sites for hydroxylation is 1. The molecule has 0 bridgehead atoms. The first-order valence-corrected chi connectivity index (χ1v) is 10.3. The molecule has 1 fully saturated rings. The van der Waals surface area contributed by atoms with Crippen LogP contribution in [-0.2, 0) is 0 Å². The number of hydrogen-bond donors (Lipinski definition) is 1. The summed E-state index contributed by atoms with van der Waals surface area (Å²) in [6, 6.07) is 17.9. The molecule has 1 unspecified atom stereocenters. The van der Waals surface area contributed by atoms with Crippen LogP contribution in [0.5, 0.6) is 0 Å². The van der Waals surface area contributed by atoms with Crippen LogP contribution >= 0.6 is 0 Å². The third-order valence-corrected chi connectivity index (χ3v) is 5.80. The third kappa shape index (κ3) is 3.26. The number of para-hydroxylation sites is 1. The van der Waals surface area contributed by atoms with Crippen LogP contribution in [0.15, 0.2) is 59.6 Å². The molecule has 30 heavy (non-hydrogen) atoms. The number of amides is 1. The largest absolute Gasteiger partial charge is 0.465 e. The number of hydrogen-bond acceptors (Lipinski definition) is 4. The molecule has 1 N–H and O–H groups in total. The third-order valence-electron chi connectivity index (χ3n) is 5.80. The Balaban J connectivity index is 1.71. The maximum absolute atomic E-state index is 12.3. The molecule has 1 atom stereocenters. The molecule has 5 rings (SSSR count). The van der Waals surface area contributed by atoms with Crippen molar-refractivity contribution < 1.29 is 9.90 Å². The second-order valence-electron chi connectivity index (χ2n) is 7.88. The van der Waals surface area contributed by atoms with Gasteiger partial charge in [-0.2, -0.15) is 0 Å². The fraction of sp³-hybridized carbons (Fsp3) is 0.304. The topological polar surface area (TPSA) is 83.6 Å². The highest BCUT2D eigenvalue weighted by molar-refractivity contribution is 6.15. The average Bonchev–Trinajstić information content (AvgIpc) is 3.53. The fourth-order valence-corrected chi connectivity index (χ4v) is 4.05. The zero-order valence-corrected chi connectivity index (χ0v) is 16.8. The molecular formula is C23H23N5O2. The van der Waals surface area contributed by atoms with E-state index >= 15 is 0 Å². The van der Waals surface area contributed by atoms with Crippen molar-refractivity contribution >= 4 is 11.8 Å². The molecule has 1 saturated carbocycles. The number of carboxylic acid groups (broad SMARTS) is 1. The minimum atomic E-state index is -0.991. The highest BCUT2D eigenvalue weighted by Crippen LogP contribution is 2.36. The van der Waals surface area contributed by atoms with Gasteiger partial charge in [0, 0.05) is 17.7 Å². The molecule has 7 nitrogen and oxygen atoms in total. The van der Waals surface area contributed by atoms with Crippen LogP contribution in [0.25, 0.3) is 5.69 Å². The van der Waals surface area contributed by atoms with E-state index < -0.39 is 12.3 Å². The number of fused-ring (bicyclic) bond motifs is 3. The summed E-state index contributed by atoms with van der Waals surface area (Å²) in [7, 11) is 0. The summed E-state index contributed by atoms with van der Waals surface area (Å²) in [5, 5.41) is 18.7. The molecule has 1 aliphatic carbocycles. The Labute approximate surface area is 174 Å². The lowest BCUT2D eigenvalue weighted by Crippen LogP contribution is -2.35. The second kappa shape index (κ2) is 7.40. The monoisotopic (exact) mass is 401 g/mol. The molecule has 0 saturated heterocycles. The molecule has 3 aromatic rings. The van der Waals surface area contributed by atoms with Crippen LogP contribution in [0.3, 0.4) is 0 Å². The van der Waals surface area contributed by atoms with Crippen molar-refractivity contribution in [2.24, 2.45) is 10.9 Å². The Bertz CT molecular complexity index is 1120. The van der Waals surface area contributed by atoms with Crippen LogP contribution in [-0.4, -0.2) is 43.1 Å². The first-order chi connectivity index (χ1) is 14.6. The minimum Gasteiger partial charge on any atom is -0.465 e. The summed E-state index contributed by atoms with van der Waals surface area (Å²) in [5.41, 5.74) is 3.55. The number of aromatic nitrogens is 3. The van der Waals surface area contributed by atoms with Gasteiger partial charge in [0.1, 0.15) is 5.82 Å². The maximum atomic E-state index is 12.3. The van der Waals surface area contributed by atoms with E-state index in [9.17, 15) is 9.90 Å². The average molecular weight is 401 g/mol. The Hall–Kier alpha value is -3.48. The van der Waals surface area contributed by atoms with Crippen molar-refractivity contribution in [2.45, 2.75) is 32.4 Å². The van der Waals surface area contributed by atoms with Gasteiger partial charge in [-0.25, -0.2) is 4.79 Å². The summed E-state index contributed by atoms with van der Waals surface area (Å²) >= 11 is 0. The summed E-state index contributed by atoms with van der Waals surface area (Å²) in [6.45, 7) is 2.31. The van der Waals surface area contributed by atoms with Crippen molar-refractivity contribution in [3.63, 3.8) is 0 Å². The van der Waals surface area contributed by atoms with Gasteiger partial charge < -0.3 is 5.11 Å². The van der Waals surface area contributed by atoms with Gasteiger partial charge in [0.2, 0.25) is 0 Å². The van der Waals surface area contributed by atoms with E-state index in [1.54, 1.807) is 0 Å². The van der Waals surface area contributed by atoms with Gasteiger partial charge in [0.05, 0.1) is 11.4 Å². The highest BCUT2D eigenvalue weighted by Gasteiger charge is 2.35.